The van der Waals surface area contributed by atoms with E-state index in [1.807, 2.05) is 0 Å². The first kappa shape index (κ1) is 9.92. The standard InChI is InChI=1S/C8H16O4/c1-9-7-6-8(10-2,11-3)4-5-12-7/h7H,4-6H2,1-3H3. The fourth-order valence-electron chi connectivity index (χ4n) is 1.37. The van der Waals surface area contributed by atoms with Crippen molar-refractivity contribution in [2.24, 2.45) is 0 Å². The molecular formula is C8H16O4. The highest BCUT2D eigenvalue weighted by molar-refractivity contribution is 4.75. The number of methoxy groups -OCH3 is 3. The van der Waals surface area contributed by atoms with Crippen LogP contribution in [0.4, 0.5) is 0 Å². The minimum atomic E-state index is -0.515. The van der Waals surface area contributed by atoms with Crippen LogP contribution in [0.2, 0.25) is 0 Å². The first-order valence-electron chi connectivity index (χ1n) is 4.01. The molecule has 0 aromatic heterocycles. The van der Waals surface area contributed by atoms with Gasteiger partial charge in [0.15, 0.2) is 12.1 Å². The van der Waals surface area contributed by atoms with Gasteiger partial charge in [-0.05, 0) is 0 Å². The first-order valence-corrected chi connectivity index (χ1v) is 4.01. The fraction of sp³-hybridized carbons (Fsp3) is 1.00. The maximum absolute atomic E-state index is 5.30. The molecule has 1 aliphatic rings. The molecule has 1 atom stereocenters. The molecule has 0 amide bonds. The van der Waals surface area contributed by atoms with Crippen molar-refractivity contribution in [2.75, 3.05) is 27.9 Å². The summed E-state index contributed by atoms with van der Waals surface area (Å²) in [5.74, 6) is -0.515. The third kappa shape index (κ3) is 1.95. The number of ether oxygens (including phenoxy) is 4. The Morgan fingerprint density at radius 2 is 1.92 bits per heavy atom. The van der Waals surface area contributed by atoms with Crippen molar-refractivity contribution < 1.29 is 18.9 Å². The summed E-state index contributed by atoms with van der Waals surface area (Å²) in [5.41, 5.74) is 0. The van der Waals surface area contributed by atoms with E-state index in [-0.39, 0.29) is 6.29 Å². The minimum Gasteiger partial charge on any atom is -0.356 e. The minimum absolute atomic E-state index is 0.210. The number of rotatable bonds is 3. The highest BCUT2D eigenvalue weighted by Gasteiger charge is 2.37. The molecule has 0 saturated carbocycles. The van der Waals surface area contributed by atoms with Crippen LogP contribution >= 0.6 is 0 Å². The Kier molecular flexibility index (Phi) is 3.46. The van der Waals surface area contributed by atoms with Crippen LogP contribution in [0.3, 0.4) is 0 Å². The molecule has 0 aromatic carbocycles. The SMILES string of the molecule is COC1CC(OC)(OC)CCO1. The third-order valence-corrected chi connectivity index (χ3v) is 2.27. The highest BCUT2D eigenvalue weighted by Crippen LogP contribution is 2.28. The van der Waals surface area contributed by atoms with Crippen LogP contribution in [0.5, 0.6) is 0 Å². The van der Waals surface area contributed by atoms with E-state index in [1.165, 1.54) is 0 Å². The van der Waals surface area contributed by atoms with Gasteiger partial charge in [0.1, 0.15) is 0 Å². The highest BCUT2D eigenvalue weighted by atomic mass is 16.7. The molecule has 4 nitrogen and oxygen atoms in total. The zero-order valence-electron chi connectivity index (χ0n) is 7.83. The Morgan fingerprint density at radius 1 is 1.25 bits per heavy atom. The van der Waals surface area contributed by atoms with Crippen LogP contribution in [0.1, 0.15) is 12.8 Å². The van der Waals surface area contributed by atoms with E-state index >= 15 is 0 Å². The molecule has 12 heavy (non-hydrogen) atoms. The lowest BCUT2D eigenvalue weighted by Crippen LogP contribution is -2.44. The topological polar surface area (TPSA) is 36.9 Å². The molecule has 0 aromatic rings. The second-order valence-electron chi connectivity index (χ2n) is 2.81. The zero-order chi connectivity index (χ0) is 9.03. The maximum atomic E-state index is 5.30. The second kappa shape index (κ2) is 4.18. The predicted octanol–water partition coefficient (Wildman–Crippen LogP) is 0.758. The smallest absolute Gasteiger partial charge is 0.174 e. The quantitative estimate of drug-likeness (QED) is 0.595. The molecule has 1 fully saturated rings. The van der Waals surface area contributed by atoms with Crippen LogP contribution in [0, 0.1) is 0 Å². The molecule has 72 valence electrons. The van der Waals surface area contributed by atoms with Crippen molar-refractivity contribution in [3.8, 4) is 0 Å². The largest absolute Gasteiger partial charge is 0.356 e. The normalized spacial score (nSPS) is 28.8. The summed E-state index contributed by atoms with van der Waals surface area (Å²) in [6.45, 7) is 0.611. The summed E-state index contributed by atoms with van der Waals surface area (Å²) in [7, 11) is 4.90. The van der Waals surface area contributed by atoms with Gasteiger partial charge >= 0.3 is 0 Å². The molecule has 1 unspecified atom stereocenters. The van der Waals surface area contributed by atoms with Crippen LogP contribution in [-0.2, 0) is 18.9 Å². The van der Waals surface area contributed by atoms with Crippen LogP contribution in [0.25, 0.3) is 0 Å². The molecule has 0 aliphatic carbocycles. The van der Waals surface area contributed by atoms with E-state index in [9.17, 15) is 0 Å². The van der Waals surface area contributed by atoms with Crippen molar-refractivity contribution >= 4 is 0 Å². The van der Waals surface area contributed by atoms with Crippen LogP contribution < -0.4 is 0 Å². The fourth-order valence-corrected chi connectivity index (χ4v) is 1.37. The first-order chi connectivity index (χ1) is 5.76. The Labute approximate surface area is 72.7 Å². The van der Waals surface area contributed by atoms with Gasteiger partial charge in [0.25, 0.3) is 0 Å². The van der Waals surface area contributed by atoms with Crippen molar-refractivity contribution in [2.45, 2.75) is 24.9 Å². The van der Waals surface area contributed by atoms with Crippen molar-refractivity contribution in [3.63, 3.8) is 0 Å². The van der Waals surface area contributed by atoms with Crippen LogP contribution in [-0.4, -0.2) is 40.0 Å². The number of hydrogen-bond acceptors (Lipinski definition) is 4. The lowest BCUT2D eigenvalue weighted by molar-refractivity contribution is -0.291. The molecule has 4 heteroatoms. The van der Waals surface area contributed by atoms with E-state index in [0.29, 0.717) is 13.0 Å². The van der Waals surface area contributed by atoms with E-state index in [0.717, 1.165) is 6.42 Å². The molecule has 1 saturated heterocycles. The molecule has 0 bridgehead atoms. The van der Waals surface area contributed by atoms with Crippen LogP contribution in [0.15, 0.2) is 0 Å². The van der Waals surface area contributed by atoms with Gasteiger partial charge in [-0.2, -0.15) is 0 Å². The lowest BCUT2D eigenvalue weighted by atomic mass is 10.1. The summed E-state index contributed by atoms with van der Waals surface area (Å²) < 4.78 is 20.9. The van der Waals surface area contributed by atoms with Gasteiger partial charge < -0.3 is 18.9 Å². The lowest BCUT2D eigenvalue weighted by Gasteiger charge is -2.37. The van der Waals surface area contributed by atoms with Gasteiger partial charge in [-0.15, -0.1) is 0 Å². The summed E-state index contributed by atoms with van der Waals surface area (Å²) >= 11 is 0. The average Bonchev–Trinajstić information content (AvgIpc) is 2.18. The maximum Gasteiger partial charge on any atom is 0.174 e. The van der Waals surface area contributed by atoms with Gasteiger partial charge in [-0.1, -0.05) is 0 Å². The molecule has 0 radical (unpaired) electrons. The van der Waals surface area contributed by atoms with E-state index in [4.69, 9.17) is 18.9 Å². The summed E-state index contributed by atoms with van der Waals surface area (Å²) in [5, 5.41) is 0. The molecule has 1 rings (SSSR count). The molecule has 1 aliphatic heterocycles. The van der Waals surface area contributed by atoms with Gasteiger partial charge in [0.05, 0.1) is 13.0 Å². The Hall–Kier alpha value is -0.160. The summed E-state index contributed by atoms with van der Waals surface area (Å²) in [6, 6.07) is 0. The molecule has 0 spiro atoms. The van der Waals surface area contributed by atoms with Gasteiger partial charge in [0, 0.05) is 27.8 Å². The summed E-state index contributed by atoms with van der Waals surface area (Å²) in [4.78, 5) is 0. The van der Waals surface area contributed by atoms with Gasteiger partial charge in [-0.3, -0.25) is 0 Å². The van der Waals surface area contributed by atoms with Gasteiger partial charge in [-0.25, -0.2) is 0 Å². The average molecular weight is 176 g/mol. The van der Waals surface area contributed by atoms with E-state index in [2.05, 4.69) is 0 Å². The third-order valence-electron chi connectivity index (χ3n) is 2.27. The summed E-state index contributed by atoms with van der Waals surface area (Å²) in [6.07, 6.45) is 1.16. The molecular weight excluding hydrogens is 160 g/mol. The van der Waals surface area contributed by atoms with Crippen molar-refractivity contribution in [3.05, 3.63) is 0 Å². The van der Waals surface area contributed by atoms with Crippen molar-refractivity contribution in [1.82, 2.24) is 0 Å². The zero-order valence-corrected chi connectivity index (χ0v) is 7.83. The Bertz CT molecular complexity index is 133. The van der Waals surface area contributed by atoms with E-state index < -0.39 is 5.79 Å². The molecule has 0 N–H and O–H groups in total. The Balaban J connectivity index is 2.52. The Morgan fingerprint density at radius 3 is 2.42 bits per heavy atom. The van der Waals surface area contributed by atoms with Gasteiger partial charge in [0.2, 0.25) is 0 Å². The second-order valence-corrected chi connectivity index (χ2v) is 2.81. The van der Waals surface area contributed by atoms with E-state index in [1.54, 1.807) is 21.3 Å². The monoisotopic (exact) mass is 176 g/mol. The molecule has 1 heterocycles. The predicted molar refractivity (Wildman–Crippen MR) is 42.7 cm³/mol. The number of hydrogen-bond donors (Lipinski definition) is 0. The van der Waals surface area contributed by atoms with Crippen molar-refractivity contribution in [1.29, 1.82) is 0 Å².